The van der Waals surface area contributed by atoms with Crippen LogP contribution in [0.4, 0.5) is 0 Å². The van der Waals surface area contributed by atoms with Crippen molar-refractivity contribution in [3.05, 3.63) is 70.7 Å². The molecule has 0 N–H and O–H groups in total. The maximum atomic E-state index is 8.53. The molecule has 7 heteroatoms. The Labute approximate surface area is 184 Å². The van der Waals surface area contributed by atoms with Crippen molar-refractivity contribution >= 4 is 36.4 Å². The molecule has 0 spiro atoms. The Morgan fingerprint density at radius 1 is 0.929 bits per heavy atom. The highest BCUT2D eigenvalue weighted by Gasteiger charge is 2.26. The molecule has 0 saturated carbocycles. The van der Waals surface area contributed by atoms with Crippen molar-refractivity contribution in [3.63, 3.8) is 0 Å². The molecule has 2 aromatic rings. The number of hydrogen-bond acceptors (Lipinski definition) is 4. The number of piperazine rings is 1. The summed E-state index contributed by atoms with van der Waals surface area (Å²) in [6.07, 6.45) is 0. The van der Waals surface area contributed by atoms with E-state index in [0.717, 1.165) is 37.7 Å². The van der Waals surface area contributed by atoms with Gasteiger partial charge in [0, 0.05) is 37.7 Å². The Balaban J connectivity index is 0.00000196. The van der Waals surface area contributed by atoms with Gasteiger partial charge in [0.1, 0.15) is 6.61 Å². The molecule has 1 aliphatic rings. The lowest BCUT2D eigenvalue weighted by atomic mass is 9.96. The molecular weight excluding hydrogens is 417 g/mol. The lowest BCUT2D eigenvalue weighted by Gasteiger charge is -2.39. The van der Waals surface area contributed by atoms with Gasteiger partial charge in [0.05, 0.1) is 18.7 Å². The quantitative estimate of drug-likeness (QED) is 0.595. The summed E-state index contributed by atoms with van der Waals surface area (Å²) in [4.78, 5) is 4.93. The van der Waals surface area contributed by atoms with Gasteiger partial charge in [-0.15, -0.1) is 24.8 Å². The van der Waals surface area contributed by atoms with Crippen molar-refractivity contribution < 1.29 is 4.74 Å². The Bertz CT molecular complexity index is 714. The SMILES string of the molecule is Cl.Cl.N#CCOCCN1CCN([C@H](c2ccccc2)c2ccc(Cl)cc2)CC1. The van der Waals surface area contributed by atoms with E-state index in [2.05, 4.69) is 52.3 Å². The topological polar surface area (TPSA) is 39.5 Å². The summed E-state index contributed by atoms with van der Waals surface area (Å²) in [6.45, 7) is 5.69. The Morgan fingerprint density at radius 3 is 2.14 bits per heavy atom. The average molecular weight is 443 g/mol. The smallest absolute Gasteiger partial charge is 0.133 e. The van der Waals surface area contributed by atoms with Crippen LogP contribution in [0.3, 0.4) is 0 Å². The van der Waals surface area contributed by atoms with Gasteiger partial charge in [-0.1, -0.05) is 54.1 Å². The summed E-state index contributed by atoms with van der Waals surface area (Å²) >= 11 is 6.09. The molecule has 152 valence electrons. The van der Waals surface area contributed by atoms with Crippen molar-refractivity contribution in [3.8, 4) is 6.07 Å². The largest absolute Gasteiger partial charge is 0.365 e. The highest BCUT2D eigenvalue weighted by Crippen LogP contribution is 2.30. The average Bonchev–Trinajstić information content (AvgIpc) is 2.69. The van der Waals surface area contributed by atoms with Gasteiger partial charge < -0.3 is 4.74 Å². The molecule has 1 saturated heterocycles. The minimum Gasteiger partial charge on any atom is -0.365 e. The standard InChI is InChI=1S/C21H24ClN3O.2ClH/c22-20-8-6-19(7-9-20)21(18-4-2-1-3-5-18)25-13-11-24(12-14-25)15-17-26-16-10-23;;/h1-9,21H,11-17H2;2*1H/t21-;;/m1../s1. The highest BCUT2D eigenvalue weighted by molar-refractivity contribution is 6.30. The van der Waals surface area contributed by atoms with Gasteiger partial charge >= 0.3 is 0 Å². The van der Waals surface area contributed by atoms with Crippen molar-refractivity contribution in [2.24, 2.45) is 0 Å². The van der Waals surface area contributed by atoms with Gasteiger partial charge in [0.15, 0.2) is 0 Å². The fraction of sp³-hybridized carbons (Fsp3) is 0.381. The van der Waals surface area contributed by atoms with Crippen LogP contribution in [-0.2, 0) is 4.74 Å². The second-order valence-electron chi connectivity index (χ2n) is 6.45. The summed E-state index contributed by atoms with van der Waals surface area (Å²) in [5, 5.41) is 9.30. The van der Waals surface area contributed by atoms with E-state index < -0.39 is 0 Å². The minimum atomic E-state index is 0. The zero-order valence-electron chi connectivity index (χ0n) is 15.7. The summed E-state index contributed by atoms with van der Waals surface area (Å²) in [6, 6.07) is 21.1. The van der Waals surface area contributed by atoms with Crippen molar-refractivity contribution in [1.29, 1.82) is 5.26 Å². The molecule has 2 aromatic carbocycles. The summed E-state index contributed by atoms with van der Waals surface area (Å²) in [5.41, 5.74) is 2.58. The molecule has 0 aromatic heterocycles. The summed E-state index contributed by atoms with van der Waals surface area (Å²) in [7, 11) is 0. The van der Waals surface area contributed by atoms with Crippen LogP contribution >= 0.6 is 36.4 Å². The predicted molar refractivity (Wildman–Crippen MR) is 119 cm³/mol. The molecule has 0 bridgehead atoms. The van der Waals surface area contributed by atoms with Crippen molar-refractivity contribution in [1.82, 2.24) is 9.80 Å². The van der Waals surface area contributed by atoms with E-state index in [9.17, 15) is 0 Å². The molecule has 0 amide bonds. The second kappa shape index (κ2) is 13.0. The molecule has 4 nitrogen and oxygen atoms in total. The van der Waals surface area contributed by atoms with E-state index in [0.29, 0.717) is 6.61 Å². The first-order valence-corrected chi connectivity index (χ1v) is 9.37. The molecule has 1 heterocycles. The van der Waals surface area contributed by atoms with E-state index in [-0.39, 0.29) is 37.5 Å². The van der Waals surface area contributed by atoms with Gasteiger partial charge in [-0.25, -0.2) is 0 Å². The number of nitriles is 1. The zero-order valence-corrected chi connectivity index (χ0v) is 18.1. The number of ether oxygens (including phenoxy) is 1. The Morgan fingerprint density at radius 2 is 1.54 bits per heavy atom. The van der Waals surface area contributed by atoms with Gasteiger partial charge in [0.25, 0.3) is 0 Å². The fourth-order valence-corrected chi connectivity index (χ4v) is 3.58. The Kier molecular flexibility index (Phi) is 11.5. The molecule has 28 heavy (non-hydrogen) atoms. The molecule has 1 atom stereocenters. The maximum Gasteiger partial charge on any atom is 0.133 e. The van der Waals surface area contributed by atoms with Crippen LogP contribution in [-0.4, -0.2) is 55.7 Å². The van der Waals surface area contributed by atoms with Crippen molar-refractivity contribution in [2.75, 3.05) is 45.9 Å². The minimum absolute atomic E-state index is 0. The number of halogens is 3. The highest BCUT2D eigenvalue weighted by atomic mass is 35.5. The molecule has 1 fully saturated rings. The maximum absolute atomic E-state index is 8.53. The zero-order chi connectivity index (χ0) is 18.2. The van der Waals surface area contributed by atoms with Gasteiger partial charge in [0.2, 0.25) is 0 Å². The lowest BCUT2D eigenvalue weighted by Crippen LogP contribution is -2.48. The van der Waals surface area contributed by atoms with Crippen LogP contribution in [0.2, 0.25) is 5.02 Å². The van der Waals surface area contributed by atoms with E-state index in [4.69, 9.17) is 21.6 Å². The third-order valence-corrected chi connectivity index (χ3v) is 5.04. The number of benzene rings is 2. The van der Waals surface area contributed by atoms with E-state index in [1.807, 2.05) is 18.2 Å². The van der Waals surface area contributed by atoms with Gasteiger partial charge in [-0.05, 0) is 23.3 Å². The third-order valence-electron chi connectivity index (χ3n) is 4.79. The molecular formula is C21H26Cl3N3O. The molecule has 3 rings (SSSR count). The van der Waals surface area contributed by atoms with Gasteiger partial charge in [-0.2, -0.15) is 5.26 Å². The number of nitrogens with zero attached hydrogens (tertiary/aromatic N) is 3. The lowest BCUT2D eigenvalue weighted by molar-refractivity contribution is 0.0760. The van der Waals surface area contributed by atoms with Crippen LogP contribution in [0.25, 0.3) is 0 Å². The predicted octanol–water partition coefficient (Wildman–Crippen LogP) is 4.43. The first-order chi connectivity index (χ1) is 12.8. The van der Waals surface area contributed by atoms with Gasteiger partial charge in [-0.3, -0.25) is 9.80 Å². The van der Waals surface area contributed by atoms with E-state index in [1.165, 1.54) is 11.1 Å². The van der Waals surface area contributed by atoms with Crippen LogP contribution < -0.4 is 0 Å². The first kappa shape index (κ1) is 24.7. The first-order valence-electron chi connectivity index (χ1n) is 8.99. The van der Waals surface area contributed by atoms with E-state index in [1.54, 1.807) is 0 Å². The number of rotatable bonds is 7. The molecule has 0 radical (unpaired) electrons. The van der Waals surface area contributed by atoms with Crippen LogP contribution in [0, 0.1) is 11.3 Å². The van der Waals surface area contributed by atoms with Crippen molar-refractivity contribution in [2.45, 2.75) is 6.04 Å². The van der Waals surface area contributed by atoms with Crippen LogP contribution in [0.1, 0.15) is 17.2 Å². The van der Waals surface area contributed by atoms with Crippen LogP contribution in [0.5, 0.6) is 0 Å². The fourth-order valence-electron chi connectivity index (χ4n) is 3.45. The second-order valence-corrected chi connectivity index (χ2v) is 6.89. The van der Waals surface area contributed by atoms with E-state index >= 15 is 0 Å². The third kappa shape index (κ3) is 6.93. The molecule has 0 aliphatic carbocycles. The Hall–Kier alpha value is -1.32. The monoisotopic (exact) mass is 441 g/mol. The normalized spacial score (nSPS) is 15.7. The molecule has 1 aliphatic heterocycles. The summed E-state index contributed by atoms with van der Waals surface area (Å²) in [5.74, 6) is 0. The van der Waals surface area contributed by atoms with Crippen LogP contribution in [0.15, 0.2) is 54.6 Å². The summed E-state index contributed by atoms with van der Waals surface area (Å²) < 4.78 is 5.28. The number of hydrogen-bond donors (Lipinski definition) is 0. The molecule has 0 unspecified atom stereocenters.